The van der Waals surface area contributed by atoms with Gasteiger partial charge < -0.3 is 5.32 Å². The zero-order valence-corrected chi connectivity index (χ0v) is 15.7. The molecule has 1 N–H and O–H groups in total. The second kappa shape index (κ2) is 6.34. The molecule has 3 aromatic rings. The summed E-state index contributed by atoms with van der Waals surface area (Å²) in [6, 6.07) is 4.65. The molecule has 1 unspecified atom stereocenters. The summed E-state index contributed by atoms with van der Waals surface area (Å²) >= 11 is 0. The lowest BCUT2D eigenvalue weighted by Crippen LogP contribution is -2.24. The Bertz CT molecular complexity index is 1090. The quantitative estimate of drug-likeness (QED) is 0.742. The van der Waals surface area contributed by atoms with Crippen molar-refractivity contribution in [3.8, 4) is 11.3 Å². The van der Waals surface area contributed by atoms with Gasteiger partial charge in [0.15, 0.2) is 5.65 Å². The van der Waals surface area contributed by atoms with Gasteiger partial charge in [0.1, 0.15) is 5.82 Å². The van der Waals surface area contributed by atoms with Crippen LogP contribution >= 0.6 is 0 Å². The van der Waals surface area contributed by atoms with Crippen molar-refractivity contribution in [3.05, 3.63) is 65.1 Å². The molecule has 0 amide bonds. The second-order valence-corrected chi connectivity index (χ2v) is 7.66. The average Bonchev–Trinajstić information content (AvgIpc) is 3.28. The van der Waals surface area contributed by atoms with Gasteiger partial charge in [-0.2, -0.15) is 9.61 Å². The monoisotopic (exact) mass is 357 g/mol. The van der Waals surface area contributed by atoms with Gasteiger partial charge in [-0.3, -0.25) is 4.98 Å². The van der Waals surface area contributed by atoms with Crippen LogP contribution in [-0.4, -0.2) is 25.6 Å². The number of nitrogens with one attached hydrogen (secondary N) is 1. The van der Waals surface area contributed by atoms with E-state index >= 15 is 0 Å². The highest BCUT2D eigenvalue weighted by Gasteiger charge is 2.22. The number of hydrogen-bond acceptors (Lipinski definition) is 4. The molecule has 0 fully saturated rings. The Balaban J connectivity index is 1.54. The smallest absolute Gasteiger partial charge is 0.160 e. The number of nitrogens with zero attached hydrogens (tertiary/aromatic N) is 4. The summed E-state index contributed by atoms with van der Waals surface area (Å²) in [6.07, 6.45) is 14.8. The highest BCUT2D eigenvalue weighted by Crippen LogP contribution is 2.34. The van der Waals surface area contributed by atoms with Gasteiger partial charge in [0.05, 0.1) is 11.9 Å². The van der Waals surface area contributed by atoms with E-state index in [2.05, 4.69) is 53.5 Å². The molecule has 3 heterocycles. The van der Waals surface area contributed by atoms with Crippen LogP contribution in [0.3, 0.4) is 0 Å². The lowest BCUT2D eigenvalue weighted by molar-refractivity contribution is 0.605. The maximum absolute atomic E-state index is 4.85. The van der Waals surface area contributed by atoms with Crippen molar-refractivity contribution in [1.82, 2.24) is 19.6 Å². The number of hydrogen-bond donors (Lipinski definition) is 1. The van der Waals surface area contributed by atoms with Crippen LogP contribution in [0.15, 0.2) is 54.0 Å². The zero-order valence-electron chi connectivity index (χ0n) is 15.7. The van der Waals surface area contributed by atoms with E-state index in [0.717, 1.165) is 53.1 Å². The predicted octanol–water partition coefficient (Wildman–Crippen LogP) is 4.63. The third-order valence-electron chi connectivity index (χ3n) is 5.57. The van der Waals surface area contributed by atoms with Crippen LogP contribution < -0.4 is 5.32 Å². The van der Waals surface area contributed by atoms with Crippen LogP contribution in [0.5, 0.6) is 0 Å². The highest BCUT2D eigenvalue weighted by molar-refractivity contribution is 5.67. The molecule has 5 rings (SSSR count). The van der Waals surface area contributed by atoms with E-state index in [1.54, 1.807) is 5.57 Å². The SMILES string of the molecule is Cc1cncc(-c2cc(NC3CCC4=C(C=CC4)C3)n3ncc(C)c3n2)c1. The summed E-state index contributed by atoms with van der Waals surface area (Å²) in [7, 11) is 0. The molecule has 0 aromatic carbocycles. The molecule has 0 saturated carbocycles. The van der Waals surface area contributed by atoms with Gasteiger partial charge in [0.25, 0.3) is 0 Å². The van der Waals surface area contributed by atoms with Gasteiger partial charge in [-0.25, -0.2) is 4.98 Å². The van der Waals surface area contributed by atoms with E-state index in [0.29, 0.717) is 6.04 Å². The Morgan fingerprint density at radius 1 is 1.15 bits per heavy atom. The van der Waals surface area contributed by atoms with Crippen molar-refractivity contribution >= 4 is 11.5 Å². The van der Waals surface area contributed by atoms with Crippen molar-refractivity contribution < 1.29 is 0 Å². The van der Waals surface area contributed by atoms with Crippen LogP contribution in [0.2, 0.25) is 0 Å². The van der Waals surface area contributed by atoms with E-state index in [4.69, 9.17) is 4.98 Å². The van der Waals surface area contributed by atoms with Crippen LogP contribution in [0.4, 0.5) is 5.82 Å². The van der Waals surface area contributed by atoms with Gasteiger partial charge in [0.2, 0.25) is 0 Å². The highest BCUT2D eigenvalue weighted by atomic mass is 15.3. The van der Waals surface area contributed by atoms with Gasteiger partial charge >= 0.3 is 0 Å². The fourth-order valence-corrected chi connectivity index (χ4v) is 4.13. The number of pyridine rings is 1. The maximum atomic E-state index is 4.85. The fraction of sp³-hybridized carbons (Fsp3) is 0.318. The third kappa shape index (κ3) is 2.93. The lowest BCUT2D eigenvalue weighted by atomic mass is 9.90. The number of anilines is 1. The minimum absolute atomic E-state index is 0.421. The number of fused-ring (bicyclic) bond motifs is 1. The Morgan fingerprint density at radius 2 is 2.07 bits per heavy atom. The minimum Gasteiger partial charge on any atom is -0.367 e. The van der Waals surface area contributed by atoms with Crippen molar-refractivity contribution in [3.63, 3.8) is 0 Å². The molecule has 2 aliphatic carbocycles. The van der Waals surface area contributed by atoms with Gasteiger partial charge in [-0.05, 0) is 56.7 Å². The van der Waals surface area contributed by atoms with Gasteiger partial charge in [-0.1, -0.05) is 17.7 Å². The normalized spacial score (nSPS) is 19.0. The molecule has 5 nitrogen and oxygen atoms in total. The third-order valence-corrected chi connectivity index (χ3v) is 5.57. The molecule has 0 spiro atoms. The summed E-state index contributed by atoms with van der Waals surface area (Å²) < 4.78 is 1.93. The number of allylic oxidation sites excluding steroid dienone is 3. The number of aryl methyl sites for hydroxylation is 2. The van der Waals surface area contributed by atoms with Crippen molar-refractivity contribution in [2.75, 3.05) is 5.32 Å². The van der Waals surface area contributed by atoms with E-state index in [-0.39, 0.29) is 0 Å². The Labute approximate surface area is 158 Å². The molecule has 0 bridgehead atoms. The first-order valence-corrected chi connectivity index (χ1v) is 9.59. The molecule has 27 heavy (non-hydrogen) atoms. The summed E-state index contributed by atoms with van der Waals surface area (Å²) in [5.41, 5.74) is 8.21. The first-order valence-electron chi connectivity index (χ1n) is 9.59. The molecule has 1 atom stereocenters. The van der Waals surface area contributed by atoms with Gasteiger partial charge in [-0.15, -0.1) is 0 Å². The molecule has 3 aromatic heterocycles. The maximum Gasteiger partial charge on any atom is 0.160 e. The Hall–Kier alpha value is -2.95. The fourth-order valence-electron chi connectivity index (χ4n) is 4.13. The number of rotatable bonds is 3. The first-order chi connectivity index (χ1) is 13.2. The van der Waals surface area contributed by atoms with Crippen molar-refractivity contribution in [1.29, 1.82) is 0 Å². The molecule has 5 heteroatoms. The Morgan fingerprint density at radius 3 is 2.96 bits per heavy atom. The summed E-state index contributed by atoms with van der Waals surface area (Å²) in [5.74, 6) is 1.00. The van der Waals surface area contributed by atoms with Crippen LogP contribution in [-0.2, 0) is 0 Å². The van der Waals surface area contributed by atoms with E-state index < -0.39 is 0 Å². The minimum atomic E-state index is 0.421. The molecule has 0 radical (unpaired) electrons. The van der Waals surface area contributed by atoms with Crippen molar-refractivity contribution in [2.24, 2.45) is 0 Å². The first kappa shape index (κ1) is 16.2. The van der Waals surface area contributed by atoms with E-state index in [9.17, 15) is 0 Å². The standard InChI is InChI=1S/C22H23N5/c1-14-8-18(13-23-11-14)20-10-21(27-22(26-20)15(2)12-24-27)25-19-7-6-16-4-3-5-17(16)9-19/h3,5,8,10-13,19,25H,4,6-7,9H2,1-2H3. The van der Waals surface area contributed by atoms with E-state index in [1.165, 1.54) is 12.0 Å². The summed E-state index contributed by atoms with van der Waals surface area (Å²) in [6.45, 7) is 4.11. The van der Waals surface area contributed by atoms with Crippen LogP contribution in [0.25, 0.3) is 16.9 Å². The van der Waals surface area contributed by atoms with Crippen LogP contribution in [0.1, 0.15) is 36.8 Å². The lowest BCUT2D eigenvalue weighted by Gasteiger charge is -2.26. The Kier molecular flexibility index (Phi) is 3.81. The molecule has 2 aliphatic rings. The second-order valence-electron chi connectivity index (χ2n) is 7.66. The topological polar surface area (TPSA) is 55.1 Å². The molecule has 136 valence electrons. The summed E-state index contributed by atoms with van der Waals surface area (Å²) in [4.78, 5) is 9.19. The van der Waals surface area contributed by atoms with Crippen molar-refractivity contribution in [2.45, 2.75) is 45.6 Å². The number of aromatic nitrogens is 4. The van der Waals surface area contributed by atoms with E-state index in [1.807, 2.05) is 23.1 Å². The van der Waals surface area contributed by atoms with Crippen LogP contribution in [0, 0.1) is 13.8 Å². The predicted molar refractivity (Wildman–Crippen MR) is 108 cm³/mol. The average molecular weight is 357 g/mol. The van der Waals surface area contributed by atoms with Gasteiger partial charge in [0, 0.05) is 35.6 Å². The summed E-state index contributed by atoms with van der Waals surface area (Å²) in [5, 5.41) is 8.30. The molecule has 0 aliphatic heterocycles. The molecular weight excluding hydrogens is 334 g/mol. The zero-order chi connectivity index (χ0) is 18.4. The largest absolute Gasteiger partial charge is 0.367 e. The molecular formula is C22H23N5. The molecule has 0 saturated heterocycles.